The number of hydrogen-bond acceptors (Lipinski definition) is 3. The lowest BCUT2D eigenvalue weighted by atomic mass is 9.92. The van der Waals surface area contributed by atoms with E-state index < -0.39 is 0 Å². The molecule has 0 atom stereocenters. The van der Waals surface area contributed by atoms with Gasteiger partial charge in [0, 0.05) is 44.9 Å². The lowest BCUT2D eigenvalue weighted by molar-refractivity contribution is 0.656. The van der Waals surface area contributed by atoms with Crippen LogP contribution in [-0.2, 0) is 0 Å². The molecule has 0 radical (unpaired) electrons. The summed E-state index contributed by atoms with van der Waals surface area (Å²) in [6, 6.07) is 37.2. The van der Waals surface area contributed by atoms with Gasteiger partial charge in [0.25, 0.3) is 0 Å². The Balaban J connectivity index is 1.36. The zero-order valence-electron chi connectivity index (χ0n) is 24.5. The minimum Gasteiger partial charge on any atom is -0.440 e. The van der Waals surface area contributed by atoms with Crippen molar-refractivity contribution in [1.82, 2.24) is 4.98 Å². The Morgan fingerprint density at radius 2 is 1.51 bits per heavy atom. The number of furan rings is 1. The molecular weight excluding hydrogens is 552 g/mol. The van der Waals surface area contributed by atoms with Crippen LogP contribution in [0.25, 0.3) is 50.0 Å². The molecule has 0 aliphatic carbocycles. The summed E-state index contributed by atoms with van der Waals surface area (Å²) in [4.78, 5) is 8.24. The third-order valence-electron chi connectivity index (χ3n) is 8.42. The average Bonchev–Trinajstić information content (AvgIpc) is 3.68. The van der Waals surface area contributed by atoms with Gasteiger partial charge in [-0.05, 0) is 71.3 Å². The van der Waals surface area contributed by atoms with Gasteiger partial charge in [-0.25, -0.2) is 4.99 Å². The van der Waals surface area contributed by atoms with Gasteiger partial charge in [0.2, 0.25) is 5.71 Å². The third kappa shape index (κ3) is 4.94. The molecular formula is C40H30N4O. The van der Waals surface area contributed by atoms with Crippen molar-refractivity contribution in [2.24, 2.45) is 4.99 Å². The van der Waals surface area contributed by atoms with Gasteiger partial charge in [-0.2, -0.15) is 0 Å². The molecule has 7 aromatic rings. The number of aromatic nitrogens is 1. The van der Waals surface area contributed by atoms with E-state index in [9.17, 15) is 0 Å². The molecule has 45 heavy (non-hydrogen) atoms. The molecule has 0 bridgehead atoms. The molecule has 5 heteroatoms. The highest BCUT2D eigenvalue weighted by Crippen LogP contribution is 2.37. The highest BCUT2D eigenvalue weighted by molar-refractivity contribution is 6.23. The number of nitrogens with one attached hydrogen (secondary N) is 3. The normalized spacial score (nSPS) is 14.8. The molecule has 1 aliphatic rings. The summed E-state index contributed by atoms with van der Waals surface area (Å²) in [5, 5.41) is 16.9. The Morgan fingerprint density at radius 3 is 2.44 bits per heavy atom. The van der Waals surface area contributed by atoms with Gasteiger partial charge in [0.1, 0.15) is 5.58 Å². The minimum absolute atomic E-state index is 0.209. The zero-order chi connectivity index (χ0) is 30.2. The maximum absolute atomic E-state index is 9.02. The number of rotatable bonds is 3. The molecule has 3 heterocycles. The first-order chi connectivity index (χ1) is 22.2. The molecule has 0 unspecified atom stereocenters. The maximum atomic E-state index is 9.02. The second-order valence-electron chi connectivity index (χ2n) is 11.2. The number of fused-ring (bicyclic) bond motifs is 8. The van der Waals surface area contributed by atoms with Crippen molar-refractivity contribution in [3.05, 3.63) is 156 Å². The Kier molecular flexibility index (Phi) is 6.69. The molecule has 8 rings (SSSR count). The first-order valence-corrected chi connectivity index (χ1v) is 15.2. The molecule has 0 saturated heterocycles. The second-order valence-corrected chi connectivity index (χ2v) is 11.2. The molecule has 3 N–H and O–H groups in total. The molecule has 0 saturated carbocycles. The summed E-state index contributed by atoms with van der Waals surface area (Å²) < 4.78 is 6.12. The van der Waals surface area contributed by atoms with Crippen molar-refractivity contribution in [3.8, 4) is 11.1 Å². The summed E-state index contributed by atoms with van der Waals surface area (Å²) in [7, 11) is 0. The van der Waals surface area contributed by atoms with E-state index in [0.29, 0.717) is 0 Å². The Morgan fingerprint density at radius 1 is 0.711 bits per heavy atom. The minimum atomic E-state index is 0.209. The van der Waals surface area contributed by atoms with Crippen molar-refractivity contribution in [2.75, 3.05) is 5.32 Å². The fourth-order valence-corrected chi connectivity index (χ4v) is 6.19. The molecule has 5 aromatic carbocycles. The summed E-state index contributed by atoms with van der Waals surface area (Å²) in [6.45, 7) is 0. The summed E-state index contributed by atoms with van der Waals surface area (Å²) in [5.74, 6) is 0.209. The van der Waals surface area contributed by atoms with E-state index in [1.54, 1.807) is 0 Å². The SMILES string of the molecule is N=C(N=C(c1ccc2c(c1)-c1ccccc1/C=C\CC/C=C/N2)c1ccc2ccc3oc4[nH]ccc4c3c2c1)c1ccccc1. The number of nitrogens with zero attached hydrogens (tertiary/aromatic N) is 1. The van der Waals surface area contributed by atoms with E-state index in [0.717, 1.165) is 84.9 Å². The topological polar surface area (TPSA) is 77.2 Å². The van der Waals surface area contributed by atoms with Gasteiger partial charge in [0.15, 0.2) is 5.84 Å². The van der Waals surface area contributed by atoms with Gasteiger partial charge in [-0.15, -0.1) is 0 Å². The second kappa shape index (κ2) is 11.3. The van der Waals surface area contributed by atoms with Gasteiger partial charge in [0.05, 0.1) is 5.71 Å². The number of aliphatic imine (C=N–C) groups is 1. The van der Waals surface area contributed by atoms with E-state index in [1.807, 2.05) is 48.8 Å². The van der Waals surface area contributed by atoms with Crippen LogP contribution in [0.15, 0.2) is 143 Å². The highest BCUT2D eigenvalue weighted by Gasteiger charge is 2.17. The zero-order valence-corrected chi connectivity index (χ0v) is 24.5. The van der Waals surface area contributed by atoms with Crippen molar-refractivity contribution in [3.63, 3.8) is 0 Å². The lowest BCUT2D eigenvalue weighted by Gasteiger charge is -2.16. The van der Waals surface area contributed by atoms with Gasteiger partial charge in [-0.1, -0.05) is 97.1 Å². The van der Waals surface area contributed by atoms with Crippen LogP contribution >= 0.6 is 0 Å². The smallest absolute Gasteiger partial charge is 0.205 e. The molecule has 2 aromatic heterocycles. The third-order valence-corrected chi connectivity index (χ3v) is 8.42. The first-order valence-electron chi connectivity index (χ1n) is 15.2. The average molecular weight is 583 g/mol. The number of aromatic amines is 1. The van der Waals surface area contributed by atoms with Gasteiger partial charge in [-0.3, -0.25) is 5.41 Å². The van der Waals surface area contributed by atoms with Crippen molar-refractivity contribution in [1.29, 1.82) is 5.41 Å². The predicted octanol–water partition coefficient (Wildman–Crippen LogP) is 10.3. The van der Waals surface area contributed by atoms with E-state index in [1.165, 1.54) is 5.56 Å². The van der Waals surface area contributed by atoms with E-state index in [4.69, 9.17) is 14.8 Å². The number of benzene rings is 5. The fourth-order valence-electron chi connectivity index (χ4n) is 6.19. The maximum Gasteiger partial charge on any atom is 0.205 e. The van der Waals surface area contributed by atoms with Crippen LogP contribution in [0.2, 0.25) is 0 Å². The Hall–Kier alpha value is -5.94. The van der Waals surface area contributed by atoms with Crippen LogP contribution < -0.4 is 5.32 Å². The molecule has 0 spiro atoms. The number of anilines is 1. The van der Waals surface area contributed by atoms with Crippen LogP contribution in [0.3, 0.4) is 0 Å². The fraction of sp³-hybridized carbons (Fsp3) is 0.0500. The number of H-pyrrole nitrogens is 1. The van der Waals surface area contributed by atoms with Crippen LogP contribution in [0.4, 0.5) is 5.69 Å². The largest absolute Gasteiger partial charge is 0.440 e. The number of amidine groups is 1. The number of allylic oxidation sites excluding steroid dienone is 2. The molecule has 1 aliphatic heterocycles. The molecule has 0 amide bonds. The molecule has 216 valence electrons. The standard InChI is InChI=1S/C40H30N4O/c41-39(28-12-5-3-6-13-28)44-38(29-16-15-27-18-20-36-37(33(27)24-29)32-21-23-43-40(32)45-36)30-17-19-35-34(25-30)31-14-8-7-11-26(31)10-4-1-2-9-22-42-35/h3-25,41-43H,1-2H2/b10-4-,22-9+,41-39?,44-38?. The Labute approximate surface area is 260 Å². The van der Waals surface area contributed by atoms with Crippen LogP contribution in [-0.4, -0.2) is 16.5 Å². The molecule has 0 fully saturated rings. The lowest BCUT2D eigenvalue weighted by Crippen LogP contribution is -2.09. The molecule has 5 nitrogen and oxygen atoms in total. The van der Waals surface area contributed by atoms with E-state index in [-0.39, 0.29) is 5.84 Å². The predicted molar refractivity (Wildman–Crippen MR) is 187 cm³/mol. The van der Waals surface area contributed by atoms with E-state index >= 15 is 0 Å². The van der Waals surface area contributed by atoms with Gasteiger partial charge < -0.3 is 14.7 Å². The van der Waals surface area contributed by atoms with Crippen molar-refractivity contribution < 1.29 is 4.42 Å². The van der Waals surface area contributed by atoms with Gasteiger partial charge >= 0.3 is 0 Å². The first kappa shape index (κ1) is 26.7. The van der Waals surface area contributed by atoms with Crippen LogP contribution in [0.5, 0.6) is 0 Å². The summed E-state index contributed by atoms with van der Waals surface area (Å²) in [6.07, 6.45) is 12.5. The van der Waals surface area contributed by atoms with Crippen LogP contribution in [0.1, 0.15) is 35.1 Å². The number of hydrogen-bond donors (Lipinski definition) is 3. The monoisotopic (exact) mass is 582 g/mol. The van der Waals surface area contributed by atoms with E-state index in [2.05, 4.69) is 101 Å². The van der Waals surface area contributed by atoms with Crippen LogP contribution in [0, 0.1) is 5.41 Å². The van der Waals surface area contributed by atoms with Crippen molar-refractivity contribution in [2.45, 2.75) is 12.8 Å². The summed E-state index contributed by atoms with van der Waals surface area (Å²) in [5.41, 5.74) is 9.35. The highest BCUT2D eigenvalue weighted by atomic mass is 16.3. The Bertz CT molecular complexity index is 2320. The quantitative estimate of drug-likeness (QED) is 0.143. The summed E-state index contributed by atoms with van der Waals surface area (Å²) >= 11 is 0. The van der Waals surface area contributed by atoms with Crippen molar-refractivity contribution >= 4 is 56.2 Å².